The highest BCUT2D eigenvalue weighted by molar-refractivity contribution is 6.28. The average molecular weight is 385 g/mol. The van der Waals surface area contributed by atoms with Crippen LogP contribution < -0.4 is 0 Å². The van der Waals surface area contributed by atoms with Gasteiger partial charge in [-0.2, -0.15) is 0 Å². The molecule has 2 rings (SSSR count). The van der Waals surface area contributed by atoms with Gasteiger partial charge in [-0.25, -0.2) is 9.18 Å². The number of aldehydes is 1. The fourth-order valence-corrected chi connectivity index (χ4v) is 2.46. The lowest BCUT2D eigenvalue weighted by Crippen LogP contribution is -2.09. The number of methoxy groups -OCH3 is 2. The molecule has 0 unspecified atom stereocenters. The Morgan fingerprint density at radius 3 is 2.54 bits per heavy atom. The molecule has 0 bridgehead atoms. The van der Waals surface area contributed by atoms with Gasteiger partial charge < -0.3 is 14.3 Å². The van der Waals surface area contributed by atoms with Crippen molar-refractivity contribution in [1.82, 2.24) is 0 Å². The topological polar surface area (TPSA) is 74.2 Å². The standard InChI is InChI=1S/C21H20FNO5/c1-26-14-20(21(25)27-2)19-11-17(22)9-8-16(19)13-28-23-18(12-24)10-15-6-4-3-5-7-15/h3-9,11-12,14H,10,13H2,1-2H3. The number of oxime groups is 1. The Kier molecular flexibility index (Phi) is 7.90. The van der Waals surface area contributed by atoms with Crippen LogP contribution in [0, 0.1) is 5.82 Å². The second-order valence-electron chi connectivity index (χ2n) is 5.70. The van der Waals surface area contributed by atoms with Gasteiger partial charge in [0.15, 0.2) is 6.29 Å². The predicted molar refractivity (Wildman–Crippen MR) is 102 cm³/mol. The van der Waals surface area contributed by atoms with E-state index in [0.717, 1.165) is 5.56 Å². The van der Waals surface area contributed by atoms with Crippen molar-refractivity contribution in [1.29, 1.82) is 0 Å². The number of benzene rings is 2. The molecule has 0 saturated heterocycles. The van der Waals surface area contributed by atoms with E-state index in [1.165, 1.54) is 38.7 Å². The summed E-state index contributed by atoms with van der Waals surface area (Å²) in [5.74, 6) is -1.22. The Hall–Kier alpha value is -3.48. The van der Waals surface area contributed by atoms with Crippen molar-refractivity contribution in [3.05, 3.63) is 77.3 Å². The smallest absolute Gasteiger partial charge is 0.341 e. The van der Waals surface area contributed by atoms with Crippen molar-refractivity contribution < 1.29 is 28.3 Å². The first-order valence-corrected chi connectivity index (χ1v) is 8.37. The molecule has 0 aliphatic carbocycles. The van der Waals surface area contributed by atoms with Crippen molar-refractivity contribution in [2.75, 3.05) is 14.2 Å². The molecule has 2 aromatic carbocycles. The van der Waals surface area contributed by atoms with E-state index < -0.39 is 11.8 Å². The first-order valence-electron chi connectivity index (χ1n) is 8.37. The molecule has 6 nitrogen and oxygen atoms in total. The molecule has 0 aromatic heterocycles. The third-order valence-corrected chi connectivity index (χ3v) is 3.77. The van der Waals surface area contributed by atoms with Crippen LogP contribution in [-0.2, 0) is 36.9 Å². The molecule has 0 radical (unpaired) electrons. The number of carbonyl (C=O) groups excluding carboxylic acids is 2. The van der Waals surface area contributed by atoms with Crippen LogP contribution >= 0.6 is 0 Å². The molecule has 0 spiro atoms. The predicted octanol–water partition coefficient (Wildman–Crippen LogP) is 3.30. The molecule has 7 heteroatoms. The fraction of sp³-hybridized carbons (Fsp3) is 0.190. The normalized spacial score (nSPS) is 11.7. The molecule has 0 amide bonds. The van der Waals surface area contributed by atoms with Crippen LogP contribution in [0.25, 0.3) is 5.57 Å². The van der Waals surface area contributed by atoms with Crippen molar-refractivity contribution in [3.63, 3.8) is 0 Å². The van der Waals surface area contributed by atoms with E-state index in [9.17, 15) is 14.0 Å². The average Bonchev–Trinajstić information content (AvgIpc) is 2.72. The second-order valence-corrected chi connectivity index (χ2v) is 5.70. The second kappa shape index (κ2) is 10.6. The maximum Gasteiger partial charge on any atom is 0.341 e. The minimum absolute atomic E-state index is 0.0342. The summed E-state index contributed by atoms with van der Waals surface area (Å²) in [7, 11) is 2.58. The van der Waals surface area contributed by atoms with E-state index in [1.807, 2.05) is 30.3 Å². The summed E-state index contributed by atoms with van der Waals surface area (Å²) in [6, 6.07) is 13.2. The van der Waals surface area contributed by atoms with E-state index in [2.05, 4.69) is 5.16 Å². The monoisotopic (exact) mass is 385 g/mol. The molecular weight excluding hydrogens is 365 g/mol. The van der Waals surface area contributed by atoms with E-state index in [4.69, 9.17) is 14.3 Å². The van der Waals surface area contributed by atoms with Crippen molar-refractivity contribution >= 4 is 23.5 Å². The van der Waals surface area contributed by atoms with E-state index in [0.29, 0.717) is 18.3 Å². The summed E-state index contributed by atoms with van der Waals surface area (Å²) in [6.07, 6.45) is 2.10. The molecular formula is C21H20FNO5. The summed E-state index contributed by atoms with van der Waals surface area (Å²) in [5.41, 5.74) is 1.88. The number of hydrogen-bond acceptors (Lipinski definition) is 6. The summed E-state index contributed by atoms with van der Waals surface area (Å²) < 4.78 is 23.3. The Morgan fingerprint density at radius 2 is 1.89 bits per heavy atom. The largest absolute Gasteiger partial charge is 0.503 e. The van der Waals surface area contributed by atoms with Crippen molar-refractivity contribution in [3.8, 4) is 0 Å². The van der Waals surface area contributed by atoms with Crippen LogP contribution in [0.4, 0.5) is 4.39 Å². The van der Waals surface area contributed by atoms with Crippen LogP contribution in [0.5, 0.6) is 0 Å². The van der Waals surface area contributed by atoms with Crippen LogP contribution in [0.15, 0.2) is 59.9 Å². The number of ether oxygens (including phenoxy) is 2. The quantitative estimate of drug-likeness (QED) is 0.165. The Balaban J connectivity index is 2.20. The SMILES string of the molecule is COC=C(C(=O)OC)c1cc(F)ccc1CON=C(C=O)Cc1ccccc1. The van der Waals surface area contributed by atoms with Crippen molar-refractivity contribution in [2.45, 2.75) is 13.0 Å². The van der Waals surface area contributed by atoms with Gasteiger partial charge in [-0.05, 0) is 17.7 Å². The molecule has 0 aliphatic heterocycles. The van der Waals surface area contributed by atoms with Gasteiger partial charge in [0.25, 0.3) is 0 Å². The highest BCUT2D eigenvalue weighted by Crippen LogP contribution is 2.23. The summed E-state index contributed by atoms with van der Waals surface area (Å²) in [4.78, 5) is 28.5. The molecule has 0 aliphatic rings. The van der Waals surface area contributed by atoms with Crippen LogP contribution in [0.3, 0.4) is 0 Å². The van der Waals surface area contributed by atoms with Gasteiger partial charge in [0, 0.05) is 17.5 Å². The van der Waals surface area contributed by atoms with Crippen molar-refractivity contribution in [2.24, 2.45) is 5.16 Å². The minimum Gasteiger partial charge on any atom is -0.503 e. The third kappa shape index (κ3) is 5.77. The first-order chi connectivity index (χ1) is 13.6. The molecule has 0 N–H and O–H groups in total. The molecule has 28 heavy (non-hydrogen) atoms. The Labute approximate surface area is 162 Å². The lowest BCUT2D eigenvalue weighted by molar-refractivity contribution is -0.133. The van der Waals surface area contributed by atoms with Gasteiger partial charge in [0.1, 0.15) is 23.7 Å². The Bertz CT molecular complexity index is 878. The number of rotatable bonds is 9. The van der Waals surface area contributed by atoms with E-state index in [-0.39, 0.29) is 23.5 Å². The number of esters is 1. The first kappa shape index (κ1) is 20.8. The van der Waals surface area contributed by atoms with Crippen LogP contribution in [0.1, 0.15) is 16.7 Å². The third-order valence-electron chi connectivity index (χ3n) is 3.77. The summed E-state index contributed by atoms with van der Waals surface area (Å²) in [6.45, 7) is -0.0835. The number of hydrogen-bond donors (Lipinski definition) is 0. The van der Waals surface area contributed by atoms with Gasteiger partial charge in [-0.15, -0.1) is 0 Å². The minimum atomic E-state index is -0.685. The highest BCUT2D eigenvalue weighted by atomic mass is 19.1. The van der Waals surface area contributed by atoms with Gasteiger partial charge in [0.2, 0.25) is 0 Å². The molecule has 2 aromatic rings. The number of halogens is 1. The zero-order valence-electron chi connectivity index (χ0n) is 15.6. The Morgan fingerprint density at radius 1 is 1.14 bits per heavy atom. The van der Waals surface area contributed by atoms with Crippen LogP contribution in [0.2, 0.25) is 0 Å². The van der Waals surface area contributed by atoms with Gasteiger partial charge in [0.05, 0.1) is 20.5 Å². The van der Waals surface area contributed by atoms with Crippen LogP contribution in [-0.4, -0.2) is 32.2 Å². The van der Waals surface area contributed by atoms with Gasteiger partial charge in [-0.3, -0.25) is 4.79 Å². The number of nitrogens with zero attached hydrogens (tertiary/aromatic N) is 1. The van der Waals surface area contributed by atoms with Gasteiger partial charge in [-0.1, -0.05) is 41.6 Å². The summed E-state index contributed by atoms with van der Waals surface area (Å²) >= 11 is 0. The maximum absolute atomic E-state index is 13.7. The molecule has 0 fully saturated rings. The highest BCUT2D eigenvalue weighted by Gasteiger charge is 2.18. The molecule has 146 valence electrons. The lowest BCUT2D eigenvalue weighted by Gasteiger charge is -2.11. The van der Waals surface area contributed by atoms with E-state index >= 15 is 0 Å². The molecule has 0 heterocycles. The zero-order valence-corrected chi connectivity index (χ0v) is 15.6. The summed E-state index contributed by atoms with van der Waals surface area (Å²) in [5, 5.41) is 3.85. The fourth-order valence-electron chi connectivity index (χ4n) is 2.46. The zero-order chi connectivity index (χ0) is 20.4. The molecule has 0 saturated carbocycles. The lowest BCUT2D eigenvalue weighted by atomic mass is 10.0. The number of carbonyl (C=O) groups is 2. The van der Waals surface area contributed by atoms with Gasteiger partial charge >= 0.3 is 5.97 Å². The maximum atomic E-state index is 13.7. The molecule has 0 atom stereocenters. The van der Waals surface area contributed by atoms with E-state index in [1.54, 1.807) is 0 Å².